The van der Waals surface area contributed by atoms with Crippen molar-refractivity contribution >= 4 is 23.4 Å². The predicted octanol–water partition coefficient (Wildman–Crippen LogP) is 2.34. The highest BCUT2D eigenvalue weighted by molar-refractivity contribution is 6.10. The summed E-state index contributed by atoms with van der Waals surface area (Å²) in [5, 5.41) is 3.02. The third-order valence-corrected chi connectivity index (χ3v) is 4.53. The number of hydrogen-bond donors (Lipinski definition) is 1. The summed E-state index contributed by atoms with van der Waals surface area (Å²) < 4.78 is 15.4. The van der Waals surface area contributed by atoms with Crippen molar-refractivity contribution in [1.29, 1.82) is 0 Å². The first-order chi connectivity index (χ1) is 12.5. The molecule has 0 heterocycles. The molecule has 0 aromatic heterocycles. The van der Waals surface area contributed by atoms with Crippen LogP contribution in [0.15, 0.2) is 24.3 Å². The van der Waals surface area contributed by atoms with Crippen LogP contribution < -0.4 is 10.1 Å². The second-order valence-corrected chi connectivity index (χ2v) is 6.03. The number of nitrogens with one attached hydrogen (secondary N) is 1. The molecule has 1 N–H and O–H groups in total. The third-order valence-electron chi connectivity index (χ3n) is 4.53. The van der Waals surface area contributed by atoms with Crippen molar-refractivity contribution in [3.63, 3.8) is 0 Å². The summed E-state index contributed by atoms with van der Waals surface area (Å²) in [4.78, 5) is 38.0. The molecule has 1 fully saturated rings. The maximum atomic E-state index is 12.7. The smallest absolute Gasteiger partial charge is 0.330 e. The molecule has 0 saturated heterocycles. The van der Waals surface area contributed by atoms with E-state index in [9.17, 15) is 14.4 Å². The van der Waals surface area contributed by atoms with Crippen LogP contribution in [-0.4, -0.2) is 44.1 Å². The van der Waals surface area contributed by atoms with E-state index in [0.717, 1.165) is 0 Å². The molecule has 1 aromatic rings. The quantitative estimate of drug-likeness (QED) is 0.560. The Morgan fingerprint density at radius 3 is 2.31 bits per heavy atom. The zero-order valence-electron chi connectivity index (χ0n) is 15.4. The van der Waals surface area contributed by atoms with Gasteiger partial charge in [0.1, 0.15) is 11.8 Å². The highest BCUT2D eigenvalue weighted by atomic mass is 16.5. The van der Waals surface area contributed by atoms with Gasteiger partial charge in [-0.1, -0.05) is 0 Å². The summed E-state index contributed by atoms with van der Waals surface area (Å²) in [6.45, 7) is 3.62. The van der Waals surface area contributed by atoms with Gasteiger partial charge < -0.3 is 19.5 Å². The molecular weight excluding hydrogens is 338 g/mol. The Bertz CT molecular complexity index is 656. The summed E-state index contributed by atoms with van der Waals surface area (Å²) in [6, 6.07) is 5.72. The van der Waals surface area contributed by atoms with Gasteiger partial charge in [0.25, 0.3) is 0 Å². The second-order valence-electron chi connectivity index (χ2n) is 6.03. The minimum Gasteiger partial charge on any atom is -0.497 e. The Morgan fingerprint density at radius 1 is 1.15 bits per heavy atom. The van der Waals surface area contributed by atoms with Crippen LogP contribution in [-0.2, 0) is 23.9 Å². The van der Waals surface area contributed by atoms with Gasteiger partial charge in [-0.15, -0.1) is 0 Å². The molecule has 1 aliphatic carbocycles. The van der Waals surface area contributed by atoms with Gasteiger partial charge >= 0.3 is 11.9 Å². The molecular formula is C19H25NO6. The molecule has 26 heavy (non-hydrogen) atoms. The largest absolute Gasteiger partial charge is 0.497 e. The Labute approximate surface area is 153 Å². The summed E-state index contributed by atoms with van der Waals surface area (Å²) in [5.74, 6) is -0.969. The maximum Gasteiger partial charge on any atom is 0.330 e. The van der Waals surface area contributed by atoms with Crippen LogP contribution in [0.5, 0.6) is 5.75 Å². The average Bonchev–Trinajstić information content (AvgIpc) is 3.02. The van der Waals surface area contributed by atoms with Crippen LogP contribution >= 0.6 is 0 Å². The van der Waals surface area contributed by atoms with Crippen molar-refractivity contribution in [2.75, 3.05) is 25.6 Å². The van der Waals surface area contributed by atoms with Crippen LogP contribution in [0, 0.1) is 5.41 Å². The van der Waals surface area contributed by atoms with Gasteiger partial charge in [0.2, 0.25) is 0 Å². The van der Waals surface area contributed by atoms with Crippen LogP contribution in [0.25, 0.3) is 0 Å². The second kappa shape index (κ2) is 8.69. The molecule has 7 heteroatoms. The molecule has 2 atom stereocenters. The molecule has 0 aliphatic heterocycles. The lowest BCUT2D eigenvalue weighted by atomic mass is 9.77. The number of carbonyl (C=O) groups is 3. The average molecular weight is 363 g/mol. The Kier molecular flexibility index (Phi) is 6.60. The highest BCUT2D eigenvalue weighted by Crippen LogP contribution is 2.41. The molecule has 0 unspecified atom stereocenters. The maximum absolute atomic E-state index is 12.7. The van der Waals surface area contributed by atoms with E-state index in [1.807, 2.05) is 0 Å². The fraction of sp³-hybridized carbons (Fsp3) is 0.526. The van der Waals surface area contributed by atoms with Crippen LogP contribution in [0.4, 0.5) is 5.69 Å². The van der Waals surface area contributed by atoms with Gasteiger partial charge in [-0.2, -0.15) is 0 Å². The van der Waals surface area contributed by atoms with Crippen molar-refractivity contribution in [3.05, 3.63) is 24.3 Å². The van der Waals surface area contributed by atoms with Gasteiger partial charge in [0, 0.05) is 12.1 Å². The van der Waals surface area contributed by atoms with Gasteiger partial charge in [0.15, 0.2) is 11.2 Å². The normalized spacial score (nSPS) is 20.3. The van der Waals surface area contributed by atoms with E-state index < -0.39 is 23.4 Å². The van der Waals surface area contributed by atoms with Gasteiger partial charge in [-0.05, 0) is 51.0 Å². The number of Topliss-reactive ketones (excluding diaryl/α,β-unsaturated/α-hetero) is 1. The molecule has 142 valence electrons. The first kappa shape index (κ1) is 19.8. The van der Waals surface area contributed by atoms with E-state index in [4.69, 9.17) is 14.2 Å². The Morgan fingerprint density at radius 2 is 1.81 bits per heavy atom. The fourth-order valence-corrected chi connectivity index (χ4v) is 3.25. The Balaban J connectivity index is 2.41. The number of ether oxygens (including phenoxy) is 3. The van der Waals surface area contributed by atoms with Gasteiger partial charge in [-0.3, -0.25) is 9.59 Å². The predicted molar refractivity (Wildman–Crippen MR) is 95.0 cm³/mol. The summed E-state index contributed by atoms with van der Waals surface area (Å²) >= 11 is 0. The number of esters is 2. The summed E-state index contributed by atoms with van der Waals surface area (Å²) in [5.41, 5.74) is -0.991. The number of hydrogen-bond acceptors (Lipinski definition) is 7. The first-order valence-electron chi connectivity index (χ1n) is 8.77. The molecule has 7 nitrogen and oxygen atoms in total. The number of ketones is 1. The van der Waals surface area contributed by atoms with E-state index >= 15 is 0 Å². The van der Waals surface area contributed by atoms with Gasteiger partial charge in [-0.25, -0.2) is 4.79 Å². The molecule has 2 rings (SSSR count). The lowest BCUT2D eigenvalue weighted by Gasteiger charge is -2.33. The van der Waals surface area contributed by atoms with Crippen molar-refractivity contribution < 1.29 is 28.6 Å². The first-order valence-corrected chi connectivity index (χ1v) is 8.77. The molecule has 1 saturated carbocycles. The van der Waals surface area contributed by atoms with E-state index in [1.54, 1.807) is 45.2 Å². The lowest BCUT2D eigenvalue weighted by Crippen LogP contribution is -2.55. The lowest BCUT2D eigenvalue weighted by molar-refractivity contribution is -0.166. The zero-order valence-corrected chi connectivity index (χ0v) is 15.4. The minimum absolute atomic E-state index is 0.131. The summed E-state index contributed by atoms with van der Waals surface area (Å²) in [7, 11) is 1.55. The summed E-state index contributed by atoms with van der Waals surface area (Å²) in [6.07, 6.45) is 1.01. The molecule has 1 aliphatic rings. The van der Waals surface area contributed by atoms with Crippen molar-refractivity contribution in [3.8, 4) is 5.75 Å². The number of rotatable bonds is 8. The standard InChI is InChI=1S/C19H25NO6/c1-4-25-17(22)16(20-13-8-10-14(24-3)11-9-13)19(18(23)26-5-2)12-6-7-15(19)21/h8-11,16,20H,4-7,12H2,1-3H3/t16-,19-/m0/s1. The van der Waals surface area contributed by atoms with E-state index in [0.29, 0.717) is 17.9 Å². The molecule has 0 radical (unpaired) electrons. The van der Waals surface area contributed by atoms with Gasteiger partial charge in [0.05, 0.1) is 20.3 Å². The SMILES string of the molecule is CCOC(=O)[C@H](Nc1ccc(OC)cc1)[C@]1(C(=O)OCC)CCCC1=O. The van der Waals surface area contributed by atoms with Crippen molar-refractivity contribution in [2.24, 2.45) is 5.41 Å². The molecule has 0 bridgehead atoms. The minimum atomic E-state index is -1.57. The van der Waals surface area contributed by atoms with Crippen molar-refractivity contribution in [2.45, 2.75) is 39.2 Å². The highest BCUT2D eigenvalue weighted by Gasteiger charge is 2.58. The van der Waals surface area contributed by atoms with Crippen LogP contribution in [0.3, 0.4) is 0 Å². The fourth-order valence-electron chi connectivity index (χ4n) is 3.25. The van der Waals surface area contributed by atoms with Crippen molar-refractivity contribution in [1.82, 2.24) is 0 Å². The van der Waals surface area contributed by atoms with E-state index in [1.165, 1.54) is 0 Å². The molecule has 1 aromatic carbocycles. The number of methoxy groups -OCH3 is 1. The van der Waals surface area contributed by atoms with Crippen LogP contribution in [0.2, 0.25) is 0 Å². The number of anilines is 1. The zero-order chi connectivity index (χ0) is 19.2. The Hall–Kier alpha value is -2.57. The molecule has 0 amide bonds. The number of carbonyl (C=O) groups excluding carboxylic acids is 3. The van der Waals surface area contributed by atoms with E-state index in [2.05, 4.69) is 5.32 Å². The third kappa shape index (κ3) is 3.81. The molecule has 0 spiro atoms. The monoisotopic (exact) mass is 363 g/mol. The van der Waals surface area contributed by atoms with E-state index in [-0.39, 0.29) is 31.8 Å². The van der Waals surface area contributed by atoms with Crippen LogP contribution in [0.1, 0.15) is 33.1 Å². The topological polar surface area (TPSA) is 90.9 Å². The number of benzene rings is 1.